The molecule has 1 nitrogen and oxygen atoms in total. The number of rotatable bonds is 2. The van der Waals surface area contributed by atoms with Crippen LogP contribution >= 0.6 is 0 Å². The van der Waals surface area contributed by atoms with Crippen molar-refractivity contribution in [3.05, 3.63) is 12.8 Å². The number of hydrogen-bond donors (Lipinski definition) is 0. The molecule has 0 aliphatic rings. The monoisotopic (exact) mass is 253 g/mol. The van der Waals surface area contributed by atoms with Gasteiger partial charge in [0.2, 0.25) is 0 Å². The van der Waals surface area contributed by atoms with Crippen LogP contribution in [0.15, 0.2) is 12.8 Å². The van der Waals surface area contributed by atoms with Crippen molar-refractivity contribution < 1.29 is 19.4 Å². The first kappa shape index (κ1) is 6.10. The molecule has 2 heteroatoms. The number of hydrogen-bond acceptors (Lipinski definition) is 1. The molecule has 6 heavy (non-hydrogen) atoms. The Labute approximate surface area is 49.1 Å². The molecule has 0 amide bonds. The van der Waals surface area contributed by atoms with Crippen molar-refractivity contribution in [3.8, 4) is 0 Å². The van der Waals surface area contributed by atoms with Crippen molar-refractivity contribution in [2.75, 3.05) is 7.05 Å². The van der Waals surface area contributed by atoms with Crippen molar-refractivity contribution in [1.82, 2.24) is 4.90 Å². The van der Waals surface area contributed by atoms with E-state index in [1.807, 2.05) is 16.5 Å². The quantitative estimate of drug-likeness (QED) is 0.687. The molecule has 0 bridgehead atoms. The topological polar surface area (TPSA) is 3.24 Å². The molecule has 0 aromatic rings. The van der Waals surface area contributed by atoms with Crippen LogP contribution in [0.25, 0.3) is 0 Å². The van der Waals surface area contributed by atoms with Gasteiger partial charge in [0.1, 0.15) is 0 Å². The number of nitrogens with zero attached hydrogens (tertiary/aromatic N) is 1. The van der Waals surface area contributed by atoms with E-state index >= 15 is 0 Å². The first-order chi connectivity index (χ1) is 2.81. The molecule has 0 spiro atoms. The van der Waals surface area contributed by atoms with Crippen molar-refractivity contribution in [2.45, 2.75) is 0 Å². The van der Waals surface area contributed by atoms with E-state index in [0.29, 0.717) is 0 Å². The molecule has 0 atom stereocenters. The summed E-state index contributed by atoms with van der Waals surface area (Å²) < 4.78 is 2.02. The summed E-state index contributed by atoms with van der Waals surface area (Å²) in [5.41, 5.74) is 0. The maximum atomic E-state index is 3.54. The Bertz CT molecular complexity index is 52.6. The van der Waals surface area contributed by atoms with Gasteiger partial charge in [0.15, 0.2) is 0 Å². The van der Waals surface area contributed by atoms with Crippen LogP contribution in [0.5, 0.6) is 0 Å². The Morgan fingerprint density at radius 3 is 2.33 bits per heavy atom. The summed E-state index contributed by atoms with van der Waals surface area (Å²) in [5, 5.41) is 0. The van der Waals surface area contributed by atoms with E-state index in [-0.39, 0.29) is 0 Å². The standard InChI is InChI=1S/C4H7N.W/c1-4-5(2)3;/h2,4H,1H2,3H3;. The van der Waals surface area contributed by atoms with Crippen LogP contribution in [-0.2, 0) is 19.4 Å². The van der Waals surface area contributed by atoms with E-state index in [1.54, 1.807) is 6.20 Å². The summed E-state index contributed by atoms with van der Waals surface area (Å²) in [7, 11) is 1.96. The van der Waals surface area contributed by atoms with Crippen LogP contribution in [0.2, 0.25) is 0 Å². The molecule has 0 aromatic carbocycles. The molecular weight excluding hydrogens is 246 g/mol. The normalized spacial score (nSPS) is 6.83. The van der Waals surface area contributed by atoms with E-state index < -0.39 is 0 Å². The van der Waals surface area contributed by atoms with Gasteiger partial charge >= 0.3 is 48.6 Å². The summed E-state index contributed by atoms with van der Waals surface area (Å²) >= 11 is 1.45. The van der Waals surface area contributed by atoms with Gasteiger partial charge in [-0.1, -0.05) is 0 Å². The van der Waals surface area contributed by atoms with Crippen molar-refractivity contribution in [2.24, 2.45) is 0 Å². The van der Waals surface area contributed by atoms with E-state index in [0.717, 1.165) is 0 Å². The van der Waals surface area contributed by atoms with E-state index in [2.05, 4.69) is 6.58 Å². The van der Waals surface area contributed by atoms with Crippen LogP contribution in [0.1, 0.15) is 0 Å². The Morgan fingerprint density at radius 1 is 1.83 bits per heavy atom. The zero-order valence-corrected chi connectivity index (χ0v) is 6.65. The Morgan fingerprint density at radius 2 is 2.33 bits per heavy atom. The Hall–Kier alpha value is 0.0983. The Balaban J connectivity index is 3.21. The van der Waals surface area contributed by atoms with Gasteiger partial charge in [-0.25, -0.2) is 0 Å². The summed E-state index contributed by atoms with van der Waals surface area (Å²) in [6.07, 6.45) is 1.77. The molecule has 0 aromatic heterocycles. The zero-order chi connectivity index (χ0) is 4.99. The summed E-state index contributed by atoms with van der Waals surface area (Å²) in [6.45, 7) is 3.54. The first-order valence-electron chi connectivity index (χ1n) is 1.61. The minimum absolute atomic E-state index is 1.45. The Kier molecular flexibility index (Phi) is 3.35. The van der Waals surface area contributed by atoms with Crippen molar-refractivity contribution >= 4 is 4.52 Å². The fraction of sp³-hybridized carbons (Fsp3) is 0.250. The van der Waals surface area contributed by atoms with E-state index in [9.17, 15) is 0 Å². The van der Waals surface area contributed by atoms with Gasteiger partial charge in [-0.05, 0) is 0 Å². The molecule has 0 fully saturated rings. The third-order valence-corrected chi connectivity index (χ3v) is 1.65. The molecule has 0 saturated heterocycles. The molecule has 0 saturated carbocycles. The molecule has 0 rings (SSSR count). The van der Waals surface area contributed by atoms with Crippen molar-refractivity contribution in [3.63, 3.8) is 0 Å². The fourth-order valence-electron chi connectivity index (χ4n) is 0.0430. The third kappa shape index (κ3) is 2.34. The molecular formula is C4H7NW. The molecule has 34 valence electrons. The van der Waals surface area contributed by atoms with Gasteiger partial charge in [-0.2, -0.15) is 0 Å². The van der Waals surface area contributed by atoms with Gasteiger partial charge in [0, 0.05) is 0 Å². The average molecular weight is 253 g/mol. The van der Waals surface area contributed by atoms with Crippen LogP contribution in [0.4, 0.5) is 0 Å². The molecule has 0 heterocycles. The van der Waals surface area contributed by atoms with E-state index in [1.165, 1.54) is 19.4 Å². The van der Waals surface area contributed by atoms with Gasteiger partial charge < -0.3 is 0 Å². The van der Waals surface area contributed by atoms with Crippen LogP contribution in [-0.4, -0.2) is 16.5 Å². The zero-order valence-electron chi connectivity index (χ0n) is 3.72. The molecule has 0 aliphatic heterocycles. The molecule has 0 N–H and O–H groups in total. The van der Waals surface area contributed by atoms with Gasteiger partial charge in [0.25, 0.3) is 0 Å². The van der Waals surface area contributed by atoms with Gasteiger partial charge in [-0.15, -0.1) is 0 Å². The second-order valence-corrected chi connectivity index (χ2v) is 1.71. The second kappa shape index (κ2) is 3.29. The SMILES string of the molecule is C=CN(C)[CH]=[W]. The maximum absolute atomic E-state index is 3.54. The average Bonchev–Trinajstić information content (AvgIpc) is 1.65. The van der Waals surface area contributed by atoms with Crippen molar-refractivity contribution in [1.29, 1.82) is 0 Å². The molecule has 0 radical (unpaired) electrons. The second-order valence-electron chi connectivity index (χ2n) is 0.953. The summed E-state index contributed by atoms with van der Waals surface area (Å²) in [5.74, 6) is 0. The summed E-state index contributed by atoms with van der Waals surface area (Å²) in [6, 6.07) is 0. The fourth-order valence-corrected chi connectivity index (χ4v) is 0.352. The molecule has 0 aliphatic carbocycles. The van der Waals surface area contributed by atoms with Crippen LogP contribution in [0, 0.1) is 0 Å². The van der Waals surface area contributed by atoms with E-state index in [4.69, 9.17) is 0 Å². The predicted molar refractivity (Wildman–Crippen MR) is 24.0 cm³/mol. The predicted octanol–water partition coefficient (Wildman–Crippen LogP) is 0.368. The van der Waals surface area contributed by atoms with Crippen LogP contribution in [0.3, 0.4) is 0 Å². The third-order valence-electron chi connectivity index (χ3n) is 0.454. The van der Waals surface area contributed by atoms with Crippen LogP contribution < -0.4 is 0 Å². The summed E-state index contributed by atoms with van der Waals surface area (Å²) in [4.78, 5) is 1.93. The first-order valence-corrected chi connectivity index (χ1v) is 3.30. The minimum atomic E-state index is 1.45. The van der Waals surface area contributed by atoms with Gasteiger partial charge in [0.05, 0.1) is 0 Å². The molecule has 0 unspecified atom stereocenters. The van der Waals surface area contributed by atoms with Gasteiger partial charge in [-0.3, -0.25) is 0 Å².